The fraction of sp³-hybridized carbons (Fsp3) is 0.621. The van der Waals surface area contributed by atoms with E-state index in [1.54, 1.807) is 11.0 Å². The van der Waals surface area contributed by atoms with Crippen molar-refractivity contribution in [1.29, 1.82) is 5.26 Å². The zero-order valence-electron chi connectivity index (χ0n) is 23.3. The molecule has 39 heavy (non-hydrogen) atoms. The highest BCUT2D eigenvalue weighted by molar-refractivity contribution is 5.97. The normalized spacial score (nSPS) is 29.6. The van der Waals surface area contributed by atoms with E-state index >= 15 is 0 Å². The van der Waals surface area contributed by atoms with Crippen molar-refractivity contribution in [2.75, 3.05) is 13.1 Å². The van der Waals surface area contributed by atoms with Crippen LogP contribution in [0, 0.1) is 46.3 Å². The number of fused-ring (bicyclic) bond motifs is 1. The molecule has 10 nitrogen and oxygen atoms in total. The van der Waals surface area contributed by atoms with E-state index in [2.05, 4.69) is 41.1 Å². The molecule has 0 unspecified atom stereocenters. The number of nitriles is 1. The van der Waals surface area contributed by atoms with Gasteiger partial charge in [-0.3, -0.25) is 19.2 Å². The Morgan fingerprint density at radius 2 is 1.92 bits per heavy atom. The van der Waals surface area contributed by atoms with Crippen molar-refractivity contribution in [2.24, 2.45) is 35.0 Å². The van der Waals surface area contributed by atoms with E-state index in [0.717, 1.165) is 0 Å². The molecular formula is C29H39N5O5. The molecule has 10 heteroatoms. The number of amides is 4. The summed E-state index contributed by atoms with van der Waals surface area (Å²) in [5.41, 5.74) is -0.658. The highest BCUT2D eigenvalue weighted by Gasteiger charge is 2.53. The smallest absolute Gasteiger partial charge is 0.287 e. The molecule has 1 aromatic heterocycles. The minimum Gasteiger partial charge on any atom is -0.459 e. The number of rotatable bonds is 7. The van der Waals surface area contributed by atoms with Crippen LogP contribution in [0.1, 0.15) is 58.0 Å². The first-order chi connectivity index (χ1) is 18.4. The molecule has 1 aliphatic carbocycles. The number of allylic oxidation sites excluding steroid dienone is 2. The number of nitrogens with zero attached hydrogens (tertiary/aromatic N) is 2. The minimum absolute atomic E-state index is 0.0340. The van der Waals surface area contributed by atoms with Crippen molar-refractivity contribution in [3.05, 3.63) is 36.3 Å². The van der Waals surface area contributed by atoms with Crippen LogP contribution in [-0.4, -0.2) is 59.7 Å². The van der Waals surface area contributed by atoms with Gasteiger partial charge in [-0.05, 0) is 54.1 Å². The SMILES string of the molecule is C[C@@H]1C=C[C@H](C)[C@H]2CN(C(=O)[C@@H](NC(=O)c3ccco3)C(C)(C)C)[C@H](C(=O)N[C@H](C#N)C[C@@H]3CCNC3=O)[C@H]21. The first-order valence-corrected chi connectivity index (χ1v) is 13.7. The first-order valence-electron chi connectivity index (χ1n) is 13.7. The van der Waals surface area contributed by atoms with E-state index in [-0.39, 0.29) is 53.6 Å². The summed E-state index contributed by atoms with van der Waals surface area (Å²) in [6.07, 6.45) is 6.45. The zero-order chi connectivity index (χ0) is 28.5. The van der Waals surface area contributed by atoms with Gasteiger partial charge in [0.1, 0.15) is 18.1 Å². The molecule has 3 heterocycles. The van der Waals surface area contributed by atoms with Crippen molar-refractivity contribution in [3.8, 4) is 6.07 Å². The third-order valence-electron chi connectivity index (χ3n) is 8.44. The standard InChI is InChI=1S/C29H39N5O5/c1-16-8-9-17(2)22-20(16)15-34(23(22)27(37)32-19(14-30)13-18-10-11-31-25(18)35)28(38)24(29(3,4)5)33-26(36)21-7-6-12-39-21/h6-9,12,16-20,22-24H,10-11,13,15H2,1-5H3,(H,31,35)(H,32,37)(H,33,36)/t16-,17+,18-,19-,20+,22-,23-,24+/m0/s1. The summed E-state index contributed by atoms with van der Waals surface area (Å²) in [4.78, 5) is 54.7. The van der Waals surface area contributed by atoms with Gasteiger partial charge in [0, 0.05) is 19.0 Å². The number of furan rings is 1. The summed E-state index contributed by atoms with van der Waals surface area (Å²) in [6.45, 7) is 10.6. The molecule has 3 aliphatic rings. The second-order valence-corrected chi connectivity index (χ2v) is 12.2. The largest absolute Gasteiger partial charge is 0.459 e. The van der Waals surface area contributed by atoms with Crippen LogP contribution in [0.25, 0.3) is 0 Å². The van der Waals surface area contributed by atoms with Crippen LogP contribution in [0.3, 0.4) is 0 Å². The van der Waals surface area contributed by atoms with E-state index in [1.807, 2.05) is 27.7 Å². The van der Waals surface area contributed by atoms with Crippen LogP contribution in [0.15, 0.2) is 35.0 Å². The van der Waals surface area contributed by atoms with Gasteiger partial charge in [0.25, 0.3) is 5.91 Å². The van der Waals surface area contributed by atoms with Crippen LogP contribution in [0.2, 0.25) is 0 Å². The second kappa shape index (κ2) is 11.2. The zero-order valence-corrected chi connectivity index (χ0v) is 23.3. The number of hydrogen-bond acceptors (Lipinski definition) is 6. The number of likely N-dealkylation sites (tertiary alicyclic amines) is 1. The summed E-state index contributed by atoms with van der Waals surface area (Å²) >= 11 is 0. The summed E-state index contributed by atoms with van der Waals surface area (Å²) in [5, 5.41) is 18.3. The molecule has 1 aromatic rings. The molecule has 0 saturated carbocycles. The fourth-order valence-electron chi connectivity index (χ4n) is 6.24. The van der Waals surface area contributed by atoms with Crippen molar-refractivity contribution in [2.45, 2.75) is 65.6 Å². The number of carbonyl (C=O) groups is 4. The van der Waals surface area contributed by atoms with E-state index in [0.29, 0.717) is 19.5 Å². The maximum Gasteiger partial charge on any atom is 0.287 e. The summed E-state index contributed by atoms with van der Waals surface area (Å²) < 4.78 is 5.23. The summed E-state index contributed by atoms with van der Waals surface area (Å²) in [5.74, 6) is -1.51. The fourth-order valence-corrected chi connectivity index (χ4v) is 6.24. The lowest BCUT2D eigenvalue weighted by Crippen LogP contribution is -2.59. The van der Waals surface area contributed by atoms with Crippen LogP contribution in [0.5, 0.6) is 0 Å². The summed E-state index contributed by atoms with van der Waals surface area (Å²) in [7, 11) is 0. The van der Waals surface area contributed by atoms with Gasteiger partial charge in [0.15, 0.2) is 5.76 Å². The van der Waals surface area contributed by atoms with Gasteiger partial charge in [0.2, 0.25) is 17.7 Å². The van der Waals surface area contributed by atoms with Crippen molar-refractivity contribution >= 4 is 23.6 Å². The van der Waals surface area contributed by atoms with E-state index in [4.69, 9.17) is 4.42 Å². The number of hydrogen-bond donors (Lipinski definition) is 3. The van der Waals surface area contributed by atoms with Gasteiger partial charge in [-0.25, -0.2) is 0 Å². The van der Waals surface area contributed by atoms with Gasteiger partial charge in [-0.15, -0.1) is 0 Å². The number of carbonyl (C=O) groups excluding carboxylic acids is 4. The molecular weight excluding hydrogens is 498 g/mol. The molecule has 0 radical (unpaired) electrons. The maximum absolute atomic E-state index is 14.2. The molecule has 0 spiro atoms. The average molecular weight is 538 g/mol. The van der Waals surface area contributed by atoms with Crippen molar-refractivity contribution in [1.82, 2.24) is 20.9 Å². The van der Waals surface area contributed by atoms with E-state index < -0.39 is 35.4 Å². The van der Waals surface area contributed by atoms with Crippen molar-refractivity contribution < 1.29 is 23.6 Å². The Morgan fingerprint density at radius 3 is 2.51 bits per heavy atom. The van der Waals surface area contributed by atoms with Crippen LogP contribution in [-0.2, 0) is 14.4 Å². The van der Waals surface area contributed by atoms with Gasteiger partial charge in [-0.2, -0.15) is 5.26 Å². The van der Waals surface area contributed by atoms with Gasteiger partial charge in [-0.1, -0.05) is 46.8 Å². The lowest BCUT2D eigenvalue weighted by atomic mass is 9.71. The number of nitrogens with one attached hydrogen (secondary N) is 3. The highest BCUT2D eigenvalue weighted by atomic mass is 16.3. The van der Waals surface area contributed by atoms with E-state index in [9.17, 15) is 24.4 Å². The molecule has 8 atom stereocenters. The topological polar surface area (TPSA) is 145 Å². The monoisotopic (exact) mass is 537 g/mol. The Morgan fingerprint density at radius 1 is 1.21 bits per heavy atom. The molecule has 2 fully saturated rings. The lowest BCUT2D eigenvalue weighted by Gasteiger charge is -2.37. The maximum atomic E-state index is 14.2. The highest BCUT2D eigenvalue weighted by Crippen LogP contribution is 2.44. The molecule has 210 valence electrons. The first kappa shape index (κ1) is 28.4. The molecule has 0 aromatic carbocycles. The predicted molar refractivity (Wildman–Crippen MR) is 143 cm³/mol. The van der Waals surface area contributed by atoms with E-state index in [1.165, 1.54) is 12.3 Å². The van der Waals surface area contributed by atoms with Crippen molar-refractivity contribution in [3.63, 3.8) is 0 Å². The summed E-state index contributed by atoms with van der Waals surface area (Å²) in [6, 6.07) is 2.67. The minimum atomic E-state index is -0.918. The quantitative estimate of drug-likeness (QED) is 0.455. The molecule has 4 amide bonds. The Balaban J connectivity index is 1.61. The molecule has 2 saturated heterocycles. The Labute approximate surface area is 229 Å². The molecule has 4 rings (SSSR count). The third-order valence-corrected chi connectivity index (χ3v) is 8.44. The Kier molecular flexibility index (Phi) is 8.19. The van der Waals surface area contributed by atoms with Gasteiger partial charge < -0.3 is 25.3 Å². The lowest BCUT2D eigenvalue weighted by molar-refractivity contribution is -0.143. The molecule has 2 aliphatic heterocycles. The van der Waals surface area contributed by atoms with Crippen LogP contribution >= 0.6 is 0 Å². The Bertz CT molecular complexity index is 1160. The Hall–Kier alpha value is -3.61. The second-order valence-electron chi connectivity index (χ2n) is 12.2. The third kappa shape index (κ3) is 5.87. The predicted octanol–water partition coefficient (Wildman–Crippen LogP) is 2.24. The van der Waals surface area contributed by atoms with Crippen LogP contribution in [0.4, 0.5) is 0 Å². The molecule has 0 bridgehead atoms. The van der Waals surface area contributed by atoms with Gasteiger partial charge >= 0.3 is 0 Å². The average Bonchev–Trinajstić information content (AvgIpc) is 3.64. The van der Waals surface area contributed by atoms with Gasteiger partial charge in [0.05, 0.1) is 12.3 Å². The molecule has 3 N–H and O–H groups in total. The van der Waals surface area contributed by atoms with Crippen LogP contribution < -0.4 is 16.0 Å².